The van der Waals surface area contributed by atoms with Gasteiger partial charge in [0.2, 0.25) is 0 Å². The van der Waals surface area contributed by atoms with Crippen molar-refractivity contribution in [3.05, 3.63) is 98.5 Å². The maximum Gasteiger partial charge on any atom is 0.259 e. The number of aromatic nitrogens is 1. The first-order valence-corrected chi connectivity index (χ1v) is 13.8. The van der Waals surface area contributed by atoms with Crippen LogP contribution < -0.4 is 10.3 Å². The molecule has 3 fully saturated rings. The number of hydrogen-bond donors (Lipinski definition) is 2. The number of ether oxygens (including phenoxy) is 1. The van der Waals surface area contributed by atoms with Crippen LogP contribution in [0, 0.1) is 18.8 Å². The number of H-pyrrole nitrogens is 1. The van der Waals surface area contributed by atoms with Crippen molar-refractivity contribution in [3.8, 4) is 5.75 Å². The third kappa shape index (κ3) is 3.39. The molecule has 196 valence electrons. The SMILES string of the molecule is COc1ccc(C)c([C@@]23Cc4[nH]c(=O)c(C(=O)c5ccccc5)cc4C[C@@]2(O)[C@H]2C(CN2CC2CC2)C3)c1. The number of rotatable bonds is 6. The number of hydrogen-bond acceptors (Lipinski definition) is 5. The van der Waals surface area contributed by atoms with Crippen LogP contribution >= 0.6 is 0 Å². The third-order valence-electron chi connectivity index (χ3n) is 9.82. The van der Waals surface area contributed by atoms with Gasteiger partial charge in [0.05, 0.1) is 18.3 Å². The van der Waals surface area contributed by atoms with Gasteiger partial charge in [-0.05, 0) is 72.9 Å². The molecular formula is C32H34N2O4. The Hall–Kier alpha value is -3.22. The number of fused-ring (bicyclic) bond motifs is 4. The molecule has 6 heteroatoms. The van der Waals surface area contributed by atoms with Crippen molar-refractivity contribution >= 4 is 5.78 Å². The van der Waals surface area contributed by atoms with E-state index in [-0.39, 0.29) is 22.9 Å². The quantitative estimate of drug-likeness (QED) is 0.493. The van der Waals surface area contributed by atoms with Crippen molar-refractivity contribution < 1.29 is 14.6 Å². The number of likely N-dealkylation sites (tertiary alicyclic amines) is 1. The van der Waals surface area contributed by atoms with Crippen LogP contribution in [-0.4, -0.2) is 52.6 Å². The van der Waals surface area contributed by atoms with E-state index in [2.05, 4.69) is 28.9 Å². The zero-order valence-electron chi connectivity index (χ0n) is 22.0. The summed E-state index contributed by atoms with van der Waals surface area (Å²) in [5.74, 6) is 1.64. The second-order valence-corrected chi connectivity index (χ2v) is 12.1. The average Bonchev–Trinajstić information content (AvgIpc) is 3.69. The Balaban J connectivity index is 1.36. The summed E-state index contributed by atoms with van der Waals surface area (Å²) in [7, 11) is 1.67. The maximum absolute atomic E-state index is 13.3. The summed E-state index contributed by atoms with van der Waals surface area (Å²) in [5.41, 5.74) is 2.66. The molecule has 1 unspecified atom stereocenters. The number of aliphatic hydroxyl groups is 1. The zero-order valence-corrected chi connectivity index (χ0v) is 22.0. The molecule has 6 nitrogen and oxygen atoms in total. The van der Waals surface area contributed by atoms with Crippen LogP contribution in [0.2, 0.25) is 0 Å². The fourth-order valence-electron chi connectivity index (χ4n) is 7.88. The average molecular weight is 511 g/mol. The number of nitrogens with one attached hydrogen (secondary N) is 1. The van der Waals surface area contributed by atoms with Crippen LogP contribution in [0.1, 0.15) is 57.6 Å². The predicted octanol–water partition coefficient (Wildman–Crippen LogP) is 3.80. The monoisotopic (exact) mass is 510 g/mol. The van der Waals surface area contributed by atoms with Gasteiger partial charge in [-0.2, -0.15) is 0 Å². The summed E-state index contributed by atoms with van der Waals surface area (Å²) in [4.78, 5) is 32.1. The van der Waals surface area contributed by atoms with E-state index in [4.69, 9.17) is 4.74 Å². The van der Waals surface area contributed by atoms with Crippen LogP contribution in [0.5, 0.6) is 5.75 Å². The first-order valence-electron chi connectivity index (χ1n) is 13.8. The minimum absolute atomic E-state index is 0.0713. The number of ketones is 1. The molecule has 38 heavy (non-hydrogen) atoms. The largest absolute Gasteiger partial charge is 0.497 e. The van der Waals surface area contributed by atoms with E-state index in [1.807, 2.05) is 12.1 Å². The van der Waals surface area contributed by atoms with Gasteiger partial charge in [-0.3, -0.25) is 14.5 Å². The molecule has 7 rings (SSSR count). The molecule has 0 bridgehead atoms. The van der Waals surface area contributed by atoms with Crippen molar-refractivity contribution in [2.75, 3.05) is 20.2 Å². The van der Waals surface area contributed by atoms with Gasteiger partial charge in [-0.1, -0.05) is 36.4 Å². The molecule has 4 atom stereocenters. The molecular weight excluding hydrogens is 476 g/mol. The number of benzene rings is 2. The maximum atomic E-state index is 13.3. The van der Waals surface area contributed by atoms with Crippen molar-refractivity contribution in [2.24, 2.45) is 11.8 Å². The lowest BCUT2D eigenvalue weighted by Crippen LogP contribution is -2.68. The second-order valence-electron chi connectivity index (χ2n) is 12.1. The summed E-state index contributed by atoms with van der Waals surface area (Å²) in [6, 6.07) is 16.9. The minimum atomic E-state index is -1.01. The number of carbonyl (C=O) groups excluding carboxylic acids is 1. The van der Waals surface area contributed by atoms with Crippen molar-refractivity contribution in [1.82, 2.24) is 9.88 Å². The summed E-state index contributed by atoms with van der Waals surface area (Å²) >= 11 is 0. The fraction of sp³-hybridized carbons (Fsp3) is 0.438. The Morgan fingerprint density at radius 1 is 1.13 bits per heavy atom. The molecule has 0 spiro atoms. The molecule has 0 amide bonds. The van der Waals surface area contributed by atoms with Gasteiger partial charge in [0.25, 0.3) is 5.56 Å². The van der Waals surface area contributed by atoms with Crippen LogP contribution in [-0.2, 0) is 18.3 Å². The van der Waals surface area contributed by atoms with Gasteiger partial charge in [0.1, 0.15) is 5.75 Å². The van der Waals surface area contributed by atoms with Crippen LogP contribution in [0.25, 0.3) is 0 Å². The highest BCUT2D eigenvalue weighted by Crippen LogP contribution is 2.62. The minimum Gasteiger partial charge on any atom is -0.497 e. The highest BCUT2D eigenvalue weighted by atomic mass is 16.5. The molecule has 1 aliphatic heterocycles. The predicted molar refractivity (Wildman–Crippen MR) is 145 cm³/mol. The Morgan fingerprint density at radius 2 is 1.92 bits per heavy atom. The summed E-state index contributed by atoms with van der Waals surface area (Å²) in [6.07, 6.45) is 4.37. The standard InChI is InChI=1S/C32H34N2O4/c1-19-8-11-24(38-2)13-26(19)31-14-23-18-34(17-20-9-10-20)29(23)32(31,37)15-22-12-25(30(36)33-27(22)16-31)28(35)21-6-4-3-5-7-21/h3-8,11-13,20,23,29,37H,9-10,14-18H2,1-2H3,(H,33,36)/t23?,29-,31-,32-/m1/s1. The van der Waals surface area contributed by atoms with Crippen molar-refractivity contribution in [3.63, 3.8) is 0 Å². The van der Waals surface area contributed by atoms with E-state index in [0.29, 0.717) is 24.3 Å². The topological polar surface area (TPSA) is 82.6 Å². The Bertz CT molecular complexity index is 1490. The normalized spacial score (nSPS) is 29.7. The Morgan fingerprint density at radius 3 is 2.66 bits per heavy atom. The summed E-state index contributed by atoms with van der Waals surface area (Å²) in [5, 5.41) is 12.9. The van der Waals surface area contributed by atoms with Gasteiger partial charge < -0.3 is 14.8 Å². The van der Waals surface area contributed by atoms with Gasteiger partial charge in [0, 0.05) is 48.6 Å². The molecule has 3 aromatic rings. The van der Waals surface area contributed by atoms with Gasteiger partial charge in [-0.25, -0.2) is 0 Å². The Labute approximate surface area is 222 Å². The molecule has 1 aromatic heterocycles. The van der Waals surface area contributed by atoms with E-state index >= 15 is 0 Å². The first kappa shape index (κ1) is 23.9. The van der Waals surface area contributed by atoms with Crippen molar-refractivity contribution in [2.45, 2.75) is 56.1 Å². The number of methoxy groups -OCH3 is 1. The van der Waals surface area contributed by atoms with E-state index in [1.54, 1.807) is 37.4 Å². The number of aromatic amines is 1. The van der Waals surface area contributed by atoms with E-state index < -0.39 is 11.0 Å². The lowest BCUT2D eigenvalue weighted by Gasteiger charge is -2.55. The Kier molecular flexibility index (Phi) is 5.27. The number of nitrogens with zero attached hydrogens (tertiary/aromatic N) is 1. The van der Waals surface area contributed by atoms with Crippen LogP contribution in [0.15, 0.2) is 59.4 Å². The summed E-state index contributed by atoms with van der Waals surface area (Å²) < 4.78 is 5.62. The highest BCUT2D eigenvalue weighted by Gasteiger charge is 2.70. The van der Waals surface area contributed by atoms with E-state index in [0.717, 1.165) is 53.6 Å². The molecule has 3 aliphatic carbocycles. The molecule has 4 aliphatic rings. The van der Waals surface area contributed by atoms with Gasteiger partial charge >= 0.3 is 0 Å². The fourth-order valence-corrected chi connectivity index (χ4v) is 7.88. The van der Waals surface area contributed by atoms with E-state index in [9.17, 15) is 14.7 Å². The van der Waals surface area contributed by atoms with Crippen LogP contribution in [0.4, 0.5) is 0 Å². The molecule has 0 radical (unpaired) electrons. The molecule has 2 N–H and O–H groups in total. The summed E-state index contributed by atoms with van der Waals surface area (Å²) in [6.45, 7) is 4.16. The first-order chi connectivity index (χ1) is 18.3. The number of carbonyl (C=O) groups is 1. The molecule has 2 aromatic carbocycles. The molecule has 2 heterocycles. The van der Waals surface area contributed by atoms with E-state index in [1.165, 1.54) is 12.8 Å². The second kappa shape index (κ2) is 8.39. The lowest BCUT2D eigenvalue weighted by atomic mass is 9.59. The lowest BCUT2D eigenvalue weighted by molar-refractivity contribution is -0.118. The molecule has 1 saturated heterocycles. The molecule has 2 saturated carbocycles. The zero-order chi connectivity index (χ0) is 26.2. The highest BCUT2D eigenvalue weighted by molar-refractivity contribution is 6.08. The number of aryl methyl sites for hydroxylation is 1. The van der Waals surface area contributed by atoms with Gasteiger partial charge in [0.15, 0.2) is 5.78 Å². The van der Waals surface area contributed by atoms with Crippen molar-refractivity contribution in [1.29, 1.82) is 0 Å². The number of pyridine rings is 1. The van der Waals surface area contributed by atoms with Gasteiger partial charge in [-0.15, -0.1) is 0 Å². The van der Waals surface area contributed by atoms with Crippen LogP contribution in [0.3, 0.4) is 0 Å². The third-order valence-corrected chi connectivity index (χ3v) is 9.82. The smallest absolute Gasteiger partial charge is 0.259 e.